The molecule has 4 heteroatoms. The number of aryl methyl sites for hydroxylation is 2. The Morgan fingerprint density at radius 3 is 2.77 bits per heavy atom. The van der Waals surface area contributed by atoms with Gasteiger partial charge in [-0.3, -0.25) is 9.47 Å². The minimum absolute atomic E-state index is 0.439. The van der Waals surface area contributed by atoms with Crippen LogP contribution in [0.25, 0.3) is 5.82 Å². The number of benzene rings is 1. The molecule has 1 fully saturated rings. The molecule has 1 aliphatic rings. The molecule has 1 aromatic carbocycles. The molecule has 4 rings (SSSR count). The van der Waals surface area contributed by atoms with Gasteiger partial charge in [-0.2, -0.15) is 0 Å². The lowest BCUT2D eigenvalue weighted by Crippen LogP contribution is -2.25. The molecule has 3 heterocycles. The SMILES string of the molecule is Cc1nccn1-c1cccc(C2CCCN2CCCc2ccccc2)n1. The summed E-state index contributed by atoms with van der Waals surface area (Å²) >= 11 is 0. The maximum absolute atomic E-state index is 4.96. The van der Waals surface area contributed by atoms with Crippen molar-refractivity contribution in [3.05, 3.63) is 78.0 Å². The molecule has 0 amide bonds. The molecular weight excluding hydrogens is 320 g/mol. The van der Waals surface area contributed by atoms with Crippen LogP contribution in [0.4, 0.5) is 0 Å². The average molecular weight is 346 g/mol. The van der Waals surface area contributed by atoms with Gasteiger partial charge in [0.25, 0.3) is 0 Å². The van der Waals surface area contributed by atoms with Crippen LogP contribution in [-0.2, 0) is 6.42 Å². The van der Waals surface area contributed by atoms with Crippen molar-refractivity contribution in [1.82, 2.24) is 19.4 Å². The first-order valence-electron chi connectivity index (χ1n) is 9.56. The summed E-state index contributed by atoms with van der Waals surface area (Å²) in [6.45, 7) is 4.32. The second kappa shape index (κ2) is 7.83. The maximum Gasteiger partial charge on any atom is 0.138 e. The van der Waals surface area contributed by atoms with Gasteiger partial charge in [-0.1, -0.05) is 36.4 Å². The third-order valence-corrected chi connectivity index (χ3v) is 5.29. The van der Waals surface area contributed by atoms with Gasteiger partial charge in [0.05, 0.1) is 11.7 Å². The average Bonchev–Trinajstić information content (AvgIpc) is 3.32. The third kappa shape index (κ3) is 3.70. The highest BCUT2D eigenvalue weighted by Crippen LogP contribution is 2.31. The van der Waals surface area contributed by atoms with Gasteiger partial charge in [-0.25, -0.2) is 9.97 Å². The second-order valence-electron chi connectivity index (χ2n) is 7.05. The zero-order valence-corrected chi connectivity index (χ0v) is 15.4. The monoisotopic (exact) mass is 346 g/mol. The molecular formula is C22H26N4. The molecule has 0 radical (unpaired) electrons. The smallest absolute Gasteiger partial charge is 0.138 e. The fourth-order valence-electron chi connectivity index (χ4n) is 3.94. The van der Waals surface area contributed by atoms with E-state index in [4.69, 9.17) is 4.98 Å². The van der Waals surface area contributed by atoms with E-state index in [0.717, 1.165) is 24.6 Å². The molecule has 2 aromatic heterocycles. The number of hydrogen-bond donors (Lipinski definition) is 0. The van der Waals surface area contributed by atoms with Gasteiger partial charge < -0.3 is 0 Å². The van der Waals surface area contributed by atoms with Crippen molar-refractivity contribution >= 4 is 0 Å². The normalized spacial score (nSPS) is 17.7. The second-order valence-corrected chi connectivity index (χ2v) is 7.05. The minimum atomic E-state index is 0.439. The lowest BCUT2D eigenvalue weighted by Gasteiger charge is -2.24. The minimum Gasteiger partial charge on any atom is -0.295 e. The highest BCUT2D eigenvalue weighted by molar-refractivity contribution is 5.28. The number of imidazole rings is 1. The van der Waals surface area contributed by atoms with E-state index < -0.39 is 0 Å². The molecule has 1 aliphatic heterocycles. The van der Waals surface area contributed by atoms with Crippen molar-refractivity contribution < 1.29 is 0 Å². The first-order valence-corrected chi connectivity index (χ1v) is 9.56. The van der Waals surface area contributed by atoms with Gasteiger partial charge >= 0.3 is 0 Å². The summed E-state index contributed by atoms with van der Waals surface area (Å²) in [5.41, 5.74) is 2.62. The zero-order valence-electron chi connectivity index (χ0n) is 15.4. The van der Waals surface area contributed by atoms with Gasteiger partial charge in [-0.15, -0.1) is 0 Å². The number of hydrogen-bond acceptors (Lipinski definition) is 3. The van der Waals surface area contributed by atoms with Crippen LogP contribution in [0.3, 0.4) is 0 Å². The maximum atomic E-state index is 4.96. The predicted octanol–water partition coefficient (Wildman–Crippen LogP) is 4.35. The topological polar surface area (TPSA) is 34.0 Å². The summed E-state index contributed by atoms with van der Waals surface area (Å²) < 4.78 is 2.05. The highest BCUT2D eigenvalue weighted by Gasteiger charge is 2.26. The molecule has 0 aliphatic carbocycles. The fraction of sp³-hybridized carbons (Fsp3) is 0.364. The molecule has 134 valence electrons. The molecule has 0 saturated carbocycles. The molecule has 1 saturated heterocycles. The largest absolute Gasteiger partial charge is 0.295 e. The van der Waals surface area contributed by atoms with Crippen LogP contribution in [0.5, 0.6) is 0 Å². The Hall–Kier alpha value is -2.46. The van der Waals surface area contributed by atoms with Gasteiger partial charge in [0.15, 0.2) is 0 Å². The molecule has 0 bridgehead atoms. The summed E-state index contributed by atoms with van der Waals surface area (Å²) in [4.78, 5) is 11.9. The number of aromatic nitrogens is 3. The van der Waals surface area contributed by atoms with Crippen molar-refractivity contribution in [3.63, 3.8) is 0 Å². The Morgan fingerprint density at radius 2 is 1.96 bits per heavy atom. The summed E-state index contributed by atoms with van der Waals surface area (Å²) in [7, 11) is 0. The van der Waals surface area contributed by atoms with Crippen molar-refractivity contribution in [2.75, 3.05) is 13.1 Å². The van der Waals surface area contributed by atoms with Crippen LogP contribution in [0, 0.1) is 6.92 Å². The molecule has 3 aromatic rings. The molecule has 0 N–H and O–H groups in total. The van der Waals surface area contributed by atoms with Gasteiger partial charge in [-0.05, 0) is 63.4 Å². The van der Waals surface area contributed by atoms with E-state index in [1.54, 1.807) is 0 Å². The zero-order chi connectivity index (χ0) is 17.8. The first-order chi connectivity index (χ1) is 12.8. The van der Waals surface area contributed by atoms with E-state index in [2.05, 4.69) is 63.0 Å². The van der Waals surface area contributed by atoms with E-state index in [1.807, 2.05) is 19.3 Å². The van der Waals surface area contributed by atoms with Crippen LogP contribution >= 0.6 is 0 Å². The number of likely N-dealkylation sites (tertiary alicyclic amines) is 1. The Balaban J connectivity index is 1.44. The molecule has 26 heavy (non-hydrogen) atoms. The Kier molecular flexibility index (Phi) is 5.12. The lowest BCUT2D eigenvalue weighted by atomic mass is 10.1. The van der Waals surface area contributed by atoms with Crippen molar-refractivity contribution in [2.45, 2.75) is 38.6 Å². The Bertz CT molecular complexity index is 840. The van der Waals surface area contributed by atoms with E-state index >= 15 is 0 Å². The lowest BCUT2D eigenvalue weighted by molar-refractivity contribution is 0.250. The third-order valence-electron chi connectivity index (χ3n) is 5.29. The molecule has 0 spiro atoms. The van der Waals surface area contributed by atoms with Crippen LogP contribution in [0.1, 0.15) is 42.4 Å². The quantitative estimate of drug-likeness (QED) is 0.665. The first kappa shape index (κ1) is 17.0. The van der Waals surface area contributed by atoms with Gasteiger partial charge in [0.1, 0.15) is 11.6 Å². The molecule has 1 atom stereocenters. The number of nitrogens with zero attached hydrogens (tertiary/aromatic N) is 4. The summed E-state index contributed by atoms with van der Waals surface area (Å²) in [6, 6.07) is 17.6. The Labute approximate surface area is 155 Å². The summed E-state index contributed by atoms with van der Waals surface area (Å²) in [5, 5.41) is 0. The van der Waals surface area contributed by atoms with Crippen LogP contribution in [0.2, 0.25) is 0 Å². The number of rotatable bonds is 6. The van der Waals surface area contributed by atoms with Gasteiger partial charge in [0.2, 0.25) is 0 Å². The highest BCUT2D eigenvalue weighted by atomic mass is 15.2. The fourth-order valence-corrected chi connectivity index (χ4v) is 3.94. The van der Waals surface area contributed by atoms with E-state index in [9.17, 15) is 0 Å². The van der Waals surface area contributed by atoms with Crippen molar-refractivity contribution in [3.8, 4) is 5.82 Å². The van der Waals surface area contributed by atoms with Crippen molar-refractivity contribution in [1.29, 1.82) is 0 Å². The molecule has 1 unspecified atom stereocenters. The summed E-state index contributed by atoms with van der Waals surface area (Å²) in [5.74, 6) is 1.94. The Morgan fingerprint density at radius 1 is 1.08 bits per heavy atom. The predicted molar refractivity (Wildman–Crippen MR) is 104 cm³/mol. The van der Waals surface area contributed by atoms with E-state index in [1.165, 1.54) is 37.1 Å². The van der Waals surface area contributed by atoms with E-state index in [-0.39, 0.29) is 0 Å². The van der Waals surface area contributed by atoms with Crippen LogP contribution < -0.4 is 0 Å². The van der Waals surface area contributed by atoms with E-state index in [0.29, 0.717) is 6.04 Å². The summed E-state index contributed by atoms with van der Waals surface area (Å²) in [6.07, 6.45) is 8.60. The molecule has 4 nitrogen and oxygen atoms in total. The van der Waals surface area contributed by atoms with Crippen molar-refractivity contribution in [2.24, 2.45) is 0 Å². The standard InChI is InChI=1S/C22H26N4/c1-18-23-14-17-26(18)22-13-5-11-20(24-22)21-12-7-16-25(21)15-6-10-19-8-3-2-4-9-19/h2-5,8-9,11,13-14,17,21H,6-7,10,12,15-16H2,1H3. The van der Waals surface area contributed by atoms with Crippen LogP contribution in [-0.4, -0.2) is 32.5 Å². The number of pyridine rings is 1. The van der Waals surface area contributed by atoms with Crippen LogP contribution in [0.15, 0.2) is 60.9 Å². The van der Waals surface area contributed by atoms with Gasteiger partial charge in [0, 0.05) is 12.4 Å².